The standard InChI is InChI=1S/C21H25N3O6S/c25-20(8-7-18-5-3-13-30-18)22-10-9-21(26)23-16-17-4-1-2-6-19(17)31(27,28)24-11-14-29-15-12-24/h1-8,13H,9-12,14-16H2,(H,22,25)(H,23,26). The lowest BCUT2D eigenvalue weighted by atomic mass is 10.2. The summed E-state index contributed by atoms with van der Waals surface area (Å²) in [5.41, 5.74) is 0.507. The Morgan fingerprint density at radius 2 is 1.84 bits per heavy atom. The van der Waals surface area contributed by atoms with Crippen molar-refractivity contribution in [2.75, 3.05) is 32.8 Å². The number of carbonyl (C=O) groups is 2. The molecule has 9 nitrogen and oxygen atoms in total. The van der Waals surface area contributed by atoms with Crippen LogP contribution in [0.15, 0.2) is 58.1 Å². The Hall–Kier alpha value is -2.95. The number of morpholine rings is 1. The molecule has 10 heteroatoms. The summed E-state index contributed by atoms with van der Waals surface area (Å²) >= 11 is 0. The van der Waals surface area contributed by atoms with E-state index in [1.165, 1.54) is 28.8 Å². The highest BCUT2D eigenvalue weighted by atomic mass is 32.2. The Kier molecular flexibility index (Phi) is 7.99. The Bertz CT molecular complexity index is 1010. The topological polar surface area (TPSA) is 118 Å². The molecule has 166 valence electrons. The summed E-state index contributed by atoms with van der Waals surface area (Å²) in [4.78, 5) is 24.1. The molecule has 0 unspecified atom stereocenters. The number of carbonyl (C=O) groups excluding carboxylic acids is 2. The minimum Gasteiger partial charge on any atom is -0.465 e. The van der Waals surface area contributed by atoms with Gasteiger partial charge in [0.05, 0.1) is 24.4 Å². The van der Waals surface area contributed by atoms with Crippen molar-refractivity contribution in [3.63, 3.8) is 0 Å². The van der Waals surface area contributed by atoms with Crippen molar-refractivity contribution in [2.24, 2.45) is 0 Å². The van der Waals surface area contributed by atoms with Crippen molar-refractivity contribution in [3.05, 3.63) is 60.1 Å². The van der Waals surface area contributed by atoms with Gasteiger partial charge in [-0.2, -0.15) is 4.31 Å². The summed E-state index contributed by atoms with van der Waals surface area (Å²) in [5.74, 6) is -0.0846. The molecule has 2 aromatic rings. The summed E-state index contributed by atoms with van der Waals surface area (Å²) in [5, 5.41) is 5.32. The van der Waals surface area contributed by atoms with Gasteiger partial charge in [0.25, 0.3) is 0 Å². The third kappa shape index (κ3) is 6.51. The lowest BCUT2D eigenvalue weighted by Gasteiger charge is -2.27. The normalized spacial score (nSPS) is 15.1. The van der Waals surface area contributed by atoms with Gasteiger partial charge in [-0.05, 0) is 29.8 Å². The zero-order valence-corrected chi connectivity index (χ0v) is 17.8. The molecule has 31 heavy (non-hydrogen) atoms. The molecule has 1 aliphatic heterocycles. The average molecular weight is 448 g/mol. The summed E-state index contributed by atoms with van der Waals surface area (Å²) in [6.45, 7) is 1.56. The van der Waals surface area contributed by atoms with Crippen LogP contribution in [-0.2, 0) is 30.9 Å². The molecule has 0 bridgehead atoms. The molecular formula is C21H25N3O6S. The van der Waals surface area contributed by atoms with Gasteiger partial charge in [0.15, 0.2) is 0 Å². The second-order valence-corrected chi connectivity index (χ2v) is 8.70. The van der Waals surface area contributed by atoms with Crippen molar-refractivity contribution in [1.82, 2.24) is 14.9 Å². The minimum absolute atomic E-state index is 0.0682. The maximum absolute atomic E-state index is 12.9. The van der Waals surface area contributed by atoms with Gasteiger partial charge in [0.1, 0.15) is 5.76 Å². The molecule has 3 rings (SSSR count). The van der Waals surface area contributed by atoms with Crippen LogP contribution in [-0.4, -0.2) is 57.4 Å². The average Bonchev–Trinajstić information content (AvgIpc) is 3.31. The largest absolute Gasteiger partial charge is 0.465 e. The number of furan rings is 1. The van der Waals surface area contributed by atoms with Crippen LogP contribution in [0.3, 0.4) is 0 Å². The van der Waals surface area contributed by atoms with E-state index in [0.717, 1.165) is 0 Å². The van der Waals surface area contributed by atoms with Gasteiger partial charge < -0.3 is 19.8 Å². The molecule has 0 saturated carbocycles. The number of sulfonamides is 1. The molecule has 1 fully saturated rings. The van der Waals surface area contributed by atoms with Gasteiger partial charge in [-0.25, -0.2) is 8.42 Å². The second-order valence-electron chi connectivity index (χ2n) is 6.79. The lowest BCUT2D eigenvalue weighted by molar-refractivity contribution is -0.121. The van der Waals surface area contributed by atoms with Gasteiger partial charge in [-0.15, -0.1) is 0 Å². The molecule has 1 aliphatic rings. The number of benzene rings is 1. The first-order valence-electron chi connectivity index (χ1n) is 9.89. The van der Waals surface area contributed by atoms with E-state index in [1.54, 1.807) is 30.3 Å². The van der Waals surface area contributed by atoms with Crippen LogP contribution in [0.25, 0.3) is 6.08 Å². The van der Waals surface area contributed by atoms with Crippen LogP contribution in [0.5, 0.6) is 0 Å². The lowest BCUT2D eigenvalue weighted by Crippen LogP contribution is -2.41. The maximum atomic E-state index is 12.9. The SMILES string of the molecule is O=C(C=Cc1ccco1)NCCC(=O)NCc1ccccc1S(=O)(=O)N1CCOCC1. The molecule has 0 atom stereocenters. The van der Waals surface area contributed by atoms with Crippen molar-refractivity contribution >= 4 is 27.9 Å². The fourth-order valence-corrected chi connectivity index (χ4v) is 4.64. The highest BCUT2D eigenvalue weighted by molar-refractivity contribution is 7.89. The predicted molar refractivity (Wildman–Crippen MR) is 113 cm³/mol. The molecule has 2 heterocycles. The van der Waals surface area contributed by atoms with Crippen LogP contribution in [0.1, 0.15) is 17.7 Å². The van der Waals surface area contributed by atoms with Gasteiger partial charge >= 0.3 is 0 Å². The van der Waals surface area contributed by atoms with Gasteiger partial charge in [-0.3, -0.25) is 9.59 Å². The Morgan fingerprint density at radius 3 is 2.58 bits per heavy atom. The Labute approximate surface area is 181 Å². The van der Waals surface area contributed by atoms with E-state index in [4.69, 9.17) is 9.15 Å². The van der Waals surface area contributed by atoms with Crippen molar-refractivity contribution in [1.29, 1.82) is 0 Å². The van der Waals surface area contributed by atoms with Gasteiger partial charge in [-0.1, -0.05) is 18.2 Å². The fraction of sp³-hybridized carbons (Fsp3) is 0.333. The summed E-state index contributed by atoms with van der Waals surface area (Å²) in [6.07, 6.45) is 4.43. The van der Waals surface area contributed by atoms with Crippen LogP contribution in [0.2, 0.25) is 0 Å². The maximum Gasteiger partial charge on any atom is 0.244 e. The number of hydrogen-bond acceptors (Lipinski definition) is 6. The third-order valence-electron chi connectivity index (χ3n) is 4.63. The second kappa shape index (κ2) is 10.9. The monoisotopic (exact) mass is 447 g/mol. The first-order valence-corrected chi connectivity index (χ1v) is 11.3. The van der Waals surface area contributed by atoms with E-state index < -0.39 is 10.0 Å². The zero-order valence-electron chi connectivity index (χ0n) is 17.0. The van der Waals surface area contributed by atoms with Crippen LogP contribution < -0.4 is 10.6 Å². The Morgan fingerprint density at radius 1 is 1.06 bits per heavy atom. The minimum atomic E-state index is -3.66. The van der Waals surface area contributed by atoms with E-state index in [0.29, 0.717) is 37.6 Å². The van der Waals surface area contributed by atoms with E-state index in [1.807, 2.05) is 0 Å². The number of hydrogen-bond donors (Lipinski definition) is 2. The quantitative estimate of drug-likeness (QED) is 0.557. The molecular weight excluding hydrogens is 422 g/mol. The third-order valence-corrected chi connectivity index (χ3v) is 6.63. The molecule has 0 radical (unpaired) electrons. The number of ether oxygens (including phenoxy) is 1. The van der Waals surface area contributed by atoms with Gasteiger partial charge in [0, 0.05) is 38.7 Å². The van der Waals surface area contributed by atoms with Gasteiger partial charge in [0.2, 0.25) is 21.8 Å². The van der Waals surface area contributed by atoms with Crippen molar-refractivity contribution < 1.29 is 27.2 Å². The van der Waals surface area contributed by atoms with E-state index in [9.17, 15) is 18.0 Å². The molecule has 0 aliphatic carbocycles. The number of nitrogens with one attached hydrogen (secondary N) is 2. The smallest absolute Gasteiger partial charge is 0.244 e. The molecule has 1 aromatic heterocycles. The number of rotatable bonds is 9. The predicted octanol–water partition coefficient (Wildman–Crippen LogP) is 1.14. The first-order chi connectivity index (χ1) is 15.0. The zero-order chi connectivity index (χ0) is 22.1. The van der Waals surface area contributed by atoms with E-state index >= 15 is 0 Å². The highest BCUT2D eigenvalue weighted by Crippen LogP contribution is 2.21. The number of amides is 2. The molecule has 1 aromatic carbocycles. The number of nitrogens with zero attached hydrogens (tertiary/aromatic N) is 1. The molecule has 2 amide bonds. The summed E-state index contributed by atoms with van der Waals surface area (Å²) < 4.78 is 37.6. The molecule has 0 spiro atoms. The fourth-order valence-electron chi connectivity index (χ4n) is 3.01. The molecule has 1 saturated heterocycles. The van der Waals surface area contributed by atoms with E-state index in [2.05, 4.69) is 10.6 Å². The Balaban J connectivity index is 1.48. The summed E-state index contributed by atoms with van der Waals surface area (Å²) in [6, 6.07) is 10.0. The van der Waals surface area contributed by atoms with Crippen LogP contribution in [0, 0.1) is 0 Å². The summed E-state index contributed by atoms with van der Waals surface area (Å²) in [7, 11) is -3.66. The first kappa shape index (κ1) is 22.7. The van der Waals surface area contributed by atoms with Crippen LogP contribution >= 0.6 is 0 Å². The van der Waals surface area contributed by atoms with Crippen LogP contribution in [0.4, 0.5) is 0 Å². The van der Waals surface area contributed by atoms with Crippen molar-refractivity contribution in [2.45, 2.75) is 17.9 Å². The van der Waals surface area contributed by atoms with Crippen molar-refractivity contribution in [3.8, 4) is 0 Å². The highest BCUT2D eigenvalue weighted by Gasteiger charge is 2.28. The van der Waals surface area contributed by atoms with E-state index in [-0.39, 0.29) is 36.2 Å². The molecule has 2 N–H and O–H groups in total.